The molecule has 194 valence electrons. The maximum absolute atomic E-state index is 13.0. The van der Waals surface area contributed by atoms with Gasteiger partial charge in [0.25, 0.3) is 0 Å². The van der Waals surface area contributed by atoms with Gasteiger partial charge in [0.15, 0.2) is 5.13 Å². The van der Waals surface area contributed by atoms with Crippen molar-refractivity contribution in [3.8, 4) is 0 Å². The molecule has 0 bridgehead atoms. The molecule has 2 rings (SSSR count). The molecule has 34 heavy (non-hydrogen) atoms. The van der Waals surface area contributed by atoms with Crippen molar-refractivity contribution in [3.63, 3.8) is 0 Å². The smallest absolute Gasteiger partial charge is 0.245 e. The minimum atomic E-state index is -0.166. The second-order valence-electron chi connectivity index (χ2n) is 9.41. The summed E-state index contributed by atoms with van der Waals surface area (Å²) < 4.78 is 5.42. The van der Waals surface area contributed by atoms with E-state index in [-0.39, 0.29) is 18.4 Å². The van der Waals surface area contributed by atoms with Crippen LogP contribution < -0.4 is 5.32 Å². The van der Waals surface area contributed by atoms with E-state index in [9.17, 15) is 9.59 Å². The Morgan fingerprint density at radius 2 is 1.65 bits per heavy atom. The molecule has 1 aliphatic heterocycles. The van der Waals surface area contributed by atoms with Crippen LogP contribution in [-0.4, -0.2) is 72.5 Å². The van der Waals surface area contributed by atoms with E-state index in [1.54, 1.807) is 4.90 Å². The molecule has 2 amide bonds. The van der Waals surface area contributed by atoms with Gasteiger partial charge in [-0.05, 0) is 26.7 Å². The number of ether oxygens (including phenoxy) is 1. The van der Waals surface area contributed by atoms with Crippen LogP contribution in [0.15, 0.2) is 0 Å². The fourth-order valence-electron chi connectivity index (χ4n) is 4.21. The molecule has 1 N–H and O–H groups in total. The third-order valence-corrected chi connectivity index (χ3v) is 7.45. The number of nitrogens with zero attached hydrogens (tertiary/aromatic N) is 3. The van der Waals surface area contributed by atoms with E-state index in [0.717, 1.165) is 62.7 Å². The van der Waals surface area contributed by atoms with Crippen molar-refractivity contribution in [1.82, 2.24) is 14.8 Å². The Morgan fingerprint density at radius 3 is 2.26 bits per heavy atom. The Hall–Kier alpha value is -1.51. The van der Waals surface area contributed by atoms with Crippen molar-refractivity contribution in [2.75, 3.05) is 51.3 Å². The lowest BCUT2D eigenvalue weighted by Crippen LogP contribution is -2.41. The number of carbonyl (C=O) groups is 2. The highest BCUT2D eigenvalue weighted by Gasteiger charge is 2.19. The molecule has 0 aromatic carbocycles. The number of amides is 2. The van der Waals surface area contributed by atoms with Crippen molar-refractivity contribution < 1.29 is 14.3 Å². The van der Waals surface area contributed by atoms with E-state index in [1.165, 1.54) is 56.3 Å². The highest BCUT2D eigenvalue weighted by atomic mass is 32.1. The molecule has 0 saturated carbocycles. The Morgan fingerprint density at radius 1 is 1.00 bits per heavy atom. The number of aryl methyl sites for hydroxylation is 2. The van der Waals surface area contributed by atoms with Gasteiger partial charge in [-0.1, -0.05) is 58.3 Å². The van der Waals surface area contributed by atoms with Gasteiger partial charge in [-0.2, -0.15) is 0 Å². The molecule has 2 heterocycles. The van der Waals surface area contributed by atoms with Crippen LogP contribution in [-0.2, 0) is 14.3 Å². The van der Waals surface area contributed by atoms with Gasteiger partial charge in [-0.3, -0.25) is 14.5 Å². The zero-order valence-electron chi connectivity index (χ0n) is 21.7. The fourth-order valence-corrected chi connectivity index (χ4v) is 5.04. The summed E-state index contributed by atoms with van der Waals surface area (Å²) in [6.07, 6.45) is 12.4. The van der Waals surface area contributed by atoms with Crippen LogP contribution in [0.2, 0.25) is 0 Å². The third-order valence-electron chi connectivity index (χ3n) is 6.46. The van der Waals surface area contributed by atoms with Gasteiger partial charge in [-0.15, -0.1) is 11.3 Å². The normalized spacial score (nSPS) is 14.3. The minimum Gasteiger partial charge on any atom is -0.379 e. The molecular formula is C26H46N4O3S. The summed E-state index contributed by atoms with van der Waals surface area (Å²) in [5.41, 5.74) is 0.934. The first kappa shape index (κ1) is 28.7. The van der Waals surface area contributed by atoms with Crippen molar-refractivity contribution in [2.45, 2.75) is 91.4 Å². The van der Waals surface area contributed by atoms with Crippen LogP contribution in [0.1, 0.15) is 88.1 Å². The van der Waals surface area contributed by atoms with Gasteiger partial charge in [0.05, 0.1) is 25.5 Å². The molecule has 0 spiro atoms. The van der Waals surface area contributed by atoms with Gasteiger partial charge in [0.2, 0.25) is 11.8 Å². The van der Waals surface area contributed by atoms with Crippen molar-refractivity contribution in [3.05, 3.63) is 10.6 Å². The van der Waals surface area contributed by atoms with Gasteiger partial charge in [0, 0.05) is 37.5 Å². The average molecular weight is 495 g/mol. The number of thiazole rings is 1. The number of unbranched alkanes of at least 4 members (excludes halogenated alkanes) is 8. The van der Waals surface area contributed by atoms with E-state index in [4.69, 9.17) is 4.74 Å². The lowest BCUT2D eigenvalue weighted by atomic mass is 10.1. The zero-order valence-corrected chi connectivity index (χ0v) is 22.5. The summed E-state index contributed by atoms with van der Waals surface area (Å²) in [7, 11) is 0. The van der Waals surface area contributed by atoms with Gasteiger partial charge >= 0.3 is 0 Å². The van der Waals surface area contributed by atoms with Gasteiger partial charge in [0.1, 0.15) is 0 Å². The number of aromatic nitrogens is 1. The molecule has 0 aliphatic carbocycles. The fraction of sp³-hybridized carbons (Fsp3) is 0.808. The standard InChI is InChI=1S/C26H46N4O3S/c1-4-5-6-7-8-9-10-11-12-14-25(32)30(16-13-15-29-17-19-33-20-18-29)21-24(31)28-26-27-22(2)23(3)34-26/h4-21H2,1-3H3,(H,27,28,31). The van der Waals surface area contributed by atoms with E-state index >= 15 is 0 Å². The molecule has 0 unspecified atom stereocenters. The Balaban J connectivity index is 1.75. The molecular weight excluding hydrogens is 448 g/mol. The maximum atomic E-state index is 13.0. The number of morpholine rings is 1. The van der Waals surface area contributed by atoms with Crippen molar-refractivity contribution >= 4 is 28.3 Å². The highest BCUT2D eigenvalue weighted by Crippen LogP contribution is 2.21. The molecule has 1 aliphatic rings. The Labute approximate surface area is 210 Å². The number of carbonyl (C=O) groups excluding carboxylic acids is 2. The Kier molecular flexibility index (Phi) is 14.4. The summed E-state index contributed by atoms with van der Waals surface area (Å²) >= 11 is 1.48. The zero-order chi connectivity index (χ0) is 24.6. The molecule has 1 aromatic heterocycles. The molecule has 1 saturated heterocycles. The lowest BCUT2D eigenvalue weighted by Gasteiger charge is -2.28. The summed E-state index contributed by atoms with van der Waals surface area (Å²) in [6, 6.07) is 0. The van der Waals surface area contributed by atoms with Gasteiger partial charge in [-0.25, -0.2) is 4.98 Å². The van der Waals surface area contributed by atoms with E-state index in [1.807, 2.05) is 13.8 Å². The third kappa shape index (κ3) is 11.8. The topological polar surface area (TPSA) is 74.8 Å². The second-order valence-corrected chi connectivity index (χ2v) is 10.6. The first-order valence-electron chi connectivity index (χ1n) is 13.3. The number of hydrogen-bond acceptors (Lipinski definition) is 6. The summed E-state index contributed by atoms with van der Waals surface area (Å²) in [6.45, 7) is 11.2. The maximum Gasteiger partial charge on any atom is 0.245 e. The minimum absolute atomic E-state index is 0.0894. The predicted molar refractivity (Wildman–Crippen MR) is 141 cm³/mol. The van der Waals surface area contributed by atoms with Crippen molar-refractivity contribution in [2.24, 2.45) is 0 Å². The first-order valence-corrected chi connectivity index (χ1v) is 14.1. The largest absolute Gasteiger partial charge is 0.379 e. The van der Waals surface area contributed by atoms with Crippen LogP contribution in [0.4, 0.5) is 5.13 Å². The molecule has 7 nitrogen and oxygen atoms in total. The van der Waals surface area contributed by atoms with Crippen molar-refractivity contribution in [1.29, 1.82) is 0 Å². The van der Waals surface area contributed by atoms with E-state index in [0.29, 0.717) is 18.1 Å². The van der Waals surface area contributed by atoms with Gasteiger partial charge < -0.3 is 15.0 Å². The summed E-state index contributed by atoms with van der Waals surface area (Å²) in [5.74, 6) is -0.0767. The molecule has 8 heteroatoms. The number of nitrogens with one attached hydrogen (secondary N) is 1. The van der Waals surface area contributed by atoms with Crippen LogP contribution in [0.3, 0.4) is 0 Å². The quantitative estimate of drug-likeness (QED) is 0.302. The molecule has 1 aromatic rings. The number of rotatable bonds is 17. The predicted octanol–water partition coefficient (Wildman–Crippen LogP) is 5.17. The SMILES string of the molecule is CCCCCCCCCCCC(=O)N(CCCN1CCOCC1)CC(=O)Nc1nc(C)c(C)s1. The van der Waals surface area contributed by atoms with E-state index < -0.39 is 0 Å². The monoisotopic (exact) mass is 494 g/mol. The number of hydrogen-bond donors (Lipinski definition) is 1. The highest BCUT2D eigenvalue weighted by molar-refractivity contribution is 7.15. The Bertz CT molecular complexity index is 699. The van der Waals surface area contributed by atoms with E-state index in [2.05, 4.69) is 22.1 Å². The van der Waals surface area contributed by atoms with Crippen LogP contribution in [0.25, 0.3) is 0 Å². The second kappa shape index (κ2) is 17.0. The summed E-state index contributed by atoms with van der Waals surface area (Å²) in [5, 5.41) is 3.49. The molecule has 0 atom stereocenters. The number of anilines is 1. The average Bonchev–Trinajstić information content (AvgIpc) is 3.14. The van der Waals surface area contributed by atoms with Crippen LogP contribution >= 0.6 is 11.3 Å². The molecule has 1 fully saturated rings. The molecule has 0 radical (unpaired) electrons. The van der Waals surface area contributed by atoms with Crippen LogP contribution in [0, 0.1) is 13.8 Å². The van der Waals surface area contributed by atoms with Crippen LogP contribution in [0.5, 0.6) is 0 Å². The lowest BCUT2D eigenvalue weighted by molar-refractivity contribution is -0.135. The first-order chi connectivity index (χ1) is 16.5. The summed E-state index contributed by atoms with van der Waals surface area (Å²) in [4.78, 5) is 35.2.